The minimum Gasteiger partial charge on any atom is -0.346 e. The van der Waals surface area contributed by atoms with Crippen LogP contribution in [0, 0.1) is 0 Å². The van der Waals surface area contributed by atoms with Crippen molar-refractivity contribution < 1.29 is 4.79 Å². The van der Waals surface area contributed by atoms with Crippen LogP contribution in [0.15, 0.2) is 54.6 Å². The van der Waals surface area contributed by atoms with E-state index < -0.39 is 0 Å². The summed E-state index contributed by atoms with van der Waals surface area (Å²) in [4.78, 5) is 12.1. The second kappa shape index (κ2) is 7.67. The van der Waals surface area contributed by atoms with Crippen LogP contribution >= 0.6 is 11.6 Å². The van der Waals surface area contributed by atoms with Gasteiger partial charge < -0.3 is 5.32 Å². The van der Waals surface area contributed by atoms with E-state index in [-0.39, 0.29) is 17.4 Å². The van der Waals surface area contributed by atoms with Gasteiger partial charge in [-0.25, -0.2) is 0 Å². The van der Waals surface area contributed by atoms with Gasteiger partial charge in [0.2, 0.25) is 5.91 Å². The van der Waals surface area contributed by atoms with Crippen LogP contribution in [0.25, 0.3) is 6.08 Å². The van der Waals surface area contributed by atoms with Crippen molar-refractivity contribution in [3.05, 3.63) is 76.3 Å². The van der Waals surface area contributed by atoms with Gasteiger partial charge in [0.25, 0.3) is 0 Å². The highest BCUT2D eigenvalue weighted by Gasteiger charge is 2.14. The Labute approximate surface area is 149 Å². The molecule has 0 saturated heterocycles. The van der Waals surface area contributed by atoms with Crippen molar-refractivity contribution in [2.24, 2.45) is 0 Å². The molecule has 3 heteroatoms. The molecule has 1 atom stereocenters. The summed E-state index contributed by atoms with van der Waals surface area (Å²) in [5.74, 6) is -0.137. The fourth-order valence-electron chi connectivity index (χ4n) is 2.39. The number of benzene rings is 2. The largest absolute Gasteiger partial charge is 0.346 e. The fourth-order valence-corrected chi connectivity index (χ4v) is 2.59. The van der Waals surface area contributed by atoms with E-state index in [1.807, 2.05) is 25.1 Å². The van der Waals surface area contributed by atoms with Crippen LogP contribution in [0.2, 0.25) is 5.02 Å². The maximum atomic E-state index is 12.1. The first kappa shape index (κ1) is 18.3. The molecule has 0 unspecified atom stereocenters. The predicted molar refractivity (Wildman–Crippen MR) is 102 cm³/mol. The lowest BCUT2D eigenvalue weighted by molar-refractivity contribution is -0.117. The van der Waals surface area contributed by atoms with E-state index in [0.717, 1.165) is 11.1 Å². The fraction of sp³-hybridized carbons (Fsp3) is 0.286. The molecule has 0 bridgehead atoms. The number of hydrogen-bond acceptors (Lipinski definition) is 1. The van der Waals surface area contributed by atoms with Crippen molar-refractivity contribution in [1.82, 2.24) is 5.32 Å². The van der Waals surface area contributed by atoms with Crippen LogP contribution in [0.3, 0.4) is 0 Å². The molecule has 0 aliphatic rings. The smallest absolute Gasteiger partial charge is 0.244 e. The Balaban J connectivity index is 2.00. The standard InChI is InChI=1S/C21H24ClNO/c1-15(16-9-12-18(13-10-16)21(2,3)4)23-20(24)14-11-17-7-5-6-8-19(17)22/h5-15H,1-4H3,(H,23,24)/b14-11+/t15-/m1/s1. The average molecular weight is 342 g/mol. The molecule has 1 N–H and O–H groups in total. The Hall–Kier alpha value is -2.06. The molecular weight excluding hydrogens is 318 g/mol. The lowest BCUT2D eigenvalue weighted by Gasteiger charge is -2.20. The van der Waals surface area contributed by atoms with Crippen molar-refractivity contribution in [3.8, 4) is 0 Å². The van der Waals surface area contributed by atoms with E-state index in [2.05, 4.69) is 50.4 Å². The van der Waals surface area contributed by atoms with Crippen LogP contribution in [0.4, 0.5) is 0 Å². The van der Waals surface area contributed by atoms with Crippen molar-refractivity contribution in [1.29, 1.82) is 0 Å². The molecule has 2 aromatic rings. The summed E-state index contributed by atoms with van der Waals surface area (Å²) in [6.07, 6.45) is 3.24. The molecule has 0 spiro atoms. The van der Waals surface area contributed by atoms with Crippen LogP contribution in [0.5, 0.6) is 0 Å². The van der Waals surface area contributed by atoms with Crippen LogP contribution in [-0.4, -0.2) is 5.91 Å². The number of carbonyl (C=O) groups is 1. The highest BCUT2D eigenvalue weighted by Crippen LogP contribution is 2.24. The van der Waals surface area contributed by atoms with Gasteiger partial charge in [0.1, 0.15) is 0 Å². The Kier molecular flexibility index (Phi) is 5.84. The molecule has 0 saturated carbocycles. The SMILES string of the molecule is C[C@@H](NC(=O)/C=C/c1ccccc1Cl)c1ccc(C(C)(C)C)cc1. The monoisotopic (exact) mass is 341 g/mol. The van der Waals surface area contributed by atoms with Gasteiger partial charge in [0.05, 0.1) is 6.04 Å². The Morgan fingerprint density at radius 3 is 2.29 bits per heavy atom. The Bertz CT molecular complexity index is 726. The Morgan fingerprint density at radius 2 is 1.71 bits per heavy atom. The van der Waals surface area contributed by atoms with E-state index in [1.54, 1.807) is 12.1 Å². The molecular formula is C21H24ClNO. The zero-order chi connectivity index (χ0) is 17.7. The van der Waals surface area contributed by atoms with Crippen LogP contribution < -0.4 is 5.32 Å². The number of halogens is 1. The van der Waals surface area contributed by atoms with Crippen molar-refractivity contribution in [2.45, 2.75) is 39.2 Å². The third-order valence-electron chi connectivity index (χ3n) is 3.95. The lowest BCUT2D eigenvalue weighted by Crippen LogP contribution is -2.24. The minimum absolute atomic E-state index is 0.0533. The molecule has 1 amide bonds. The predicted octanol–water partition coefficient (Wildman–Crippen LogP) is 5.53. The van der Waals surface area contributed by atoms with E-state index in [4.69, 9.17) is 11.6 Å². The van der Waals surface area contributed by atoms with Gasteiger partial charge in [-0.1, -0.05) is 74.8 Å². The summed E-state index contributed by atoms with van der Waals surface area (Å²) in [6.45, 7) is 8.54. The summed E-state index contributed by atoms with van der Waals surface area (Å²) in [6, 6.07) is 15.8. The molecule has 2 nitrogen and oxygen atoms in total. The number of amides is 1. The first-order valence-corrected chi connectivity index (χ1v) is 8.49. The third kappa shape index (κ3) is 4.97. The van der Waals surface area contributed by atoms with Crippen molar-refractivity contribution in [3.63, 3.8) is 0 Å². The summed E-state index contributed by atoms with van der Waals surface area (Å²) in [5, 5.41) is 3.61. The molecule has 2 rings (SSSR count). The molecule has 0 heterocycles. The molecule has 126 valence electrons. The summed E-state index contributed by atoms with van der Waals surface area (Å²) in [5.41, 5.74) is 3.32. The topological polar surface area (TPSA) is 29.1 Å². The molecule has 0 aliphatic heterocycles. The number of nitrogens with one attached hydrogen (secondary N) is 1. The zero-order valence-electron chi connectivity index (χ0n) is 14.6. The molecule has 2 aromatic carbocycles. The maximum Gasteiger partial charge on any atom is 0.244 e. The first-order chi connectivity index (χ1) is 11.3. The highest BCUT2D eigenvalue weighted by molar-refractivity contribution is 6.32. The van der Waals surface area contributed by atoms with Gasteiger partial charge in [0, 0.05) is 11.1 Å². The molecule has 0 radical (unpaired) electrons. The van der Waals surface area contributed by atoms with Gasteiger partial charge >= 0.3 is 0 Å². The first-order valence-electron chi connectivity index (χ1n) is 8.11. The van der Waals surface area contributed by atoms with Gasteiger partial charge in [-0.2, -0.15) is 0 Å². The summed E-state index contributed by atoms with van der Waals surface area (Å²) < 4.78 is 0. The zero-order valence-corrected chi connectivity index (χ0v) is 15.4. The van der Waals surface area contributed by atoms with Crippen LogP contribution in [0.1, 0.15) is 50.4 Å². The second-order valence-corrected chi connectivity index (χ2v) is 7.36. The minimum atomic E-state index is -0.137. The summed E-state index contributed by atoms with van der Waals surface area (Å²) >= 11 is 6.08. The van der Waals surface area contributed by atoms with E-state index >= 15 is 0 Å². The highest BCUT2D eigenvalue weighted by atomic mass is 35.5. The normalized spacial score (nSPS) is 13.0. The van der Waals surface area contributed by atoms with Crippen LogP contribution in [-0.2, 0) is 10.2 Å². The number of carbonyl (C=O) groups excluding carboxylic acids is 1. The van der Waals surface area contributed by atoms with Crippen molar-refractivity contribution >= 4 is 23.6 Å². The number of hydrogen-bond donors (Lipinski definition) is 1. The molecule has 0 aliphatic carbocycles. The molecule has 0 fully saturated rings. The van der Waals surface area contributed by atoms with E-state index in [1.165, 1.54) is 11.6 Å². The van der Waals surface area contributed by atoms with Gasteiger partial charge in [-0.05, 0) is 41.2 Å². The molecule has 0 aromatic heterocycles. The van der Waals surface area contributed by atoms with E-state index in [0.29, 0.717) is 5.02 Å². The van der Waals surface area contributed by atoms with E-state index in [9.17, 15) is 4.79 Å². The average Bonchev–Trinajstić information content (AvgIpc) is 2.53. The Morgan fingerprint density at radius 1 is 1.08 bits per heavy atom. The van der Waals surface area contributed by atoms with Gasteiger partial charge in [0.15, 0.2) is 0 Å². The maximum absolute atomic E-state index is 12.1. The summed E-state index contributed by atoms with van der Waals surface area (Å²) in [7, 11) is 0. The lowest BCUT2D eigenvalue weighted by atomic mass is 9.86. The second-order valence-electron chi connectivity index (χ2n) is 6.96. The van der Waals surface area contributed by atoms with Crippen molar-refractivity contribution in [2.75, 3.05) is 0 Å². The third-order valence-corrected chi connectivity index (χ3v) is 4.30. The van der Waals surface area contributed by atoms with Gasteiger partial charge in [-0.3, -0.25) is 4.79 Å². The number of rotatable bonds is 4. The molecule has 24 heavy (non-hydrogen) atoms. The quantitative estimate of drug-likeness (QED) is 0.728. The van der Waals surface area contributed by atoms with Gasteiger partial charge in [-0.15, -0.1) is 0 Å².